The van der Waals surface area contributed by atoms with Gasteiger partial charge in [0.25, 0.3) is 17.4 Å². The Hall–Kier alpha value is -4.33. The van der Waals surface area contributed by atoms with E-state index < -0.39 is 28.4 Å². The fourth-order valence-corrected chi connectivity index (χ4v) is 3.83. The molecule has 1 unspecified atom stereocenters. The Kier molecular flexibility index (Phi) is 5.28. The van der Waals surface area contributed by atoms with Gasteiger partial charge in [0.05, 0.1) is 16.5 Å². The highest BCUT2D eigenvalue weighted by molar-refractivity contribution is 6.51. The highest BCUT2D eigenvalue weighted by Crippen LogP contribution is 2.43. The number of rotatable bonds is 4. The lowest BCUT2D eigenvalue weighted by atomic mass is 9.95. The van der Waals surface area contributed by atoms with Gasteiger partial charge in [0, 0.05) is 35.8 Å². The number of Topliss-reactive ketones (excluding diaryl/α,β-unsaturated/α-hetero) is 1. The second-order valence-electron chi connectivity index (χ2n) is 7.48. The Balaban J connectivity index is 1.94. The molecule has 8 heteroatoms. The predicted octanol–water partition coefficient (Wildman–Crippen LogP) is 4.23. The van der Waals surface area contributed by atoms with E-state index in [-0.39, 0.29) is 16.8 Å². The van der Waals surface area contributed by atoms with E-state index in [1.807, 2.05) is 19.9 Å². The third-order valence-electron chi connectivity index (χ3n) is 5.63. The Morgan fingerprint density at radius 2 is 1.78 bits per heavy atom. The van der Waals surface area contributed by atoms with Gasteiger partial charge in [-0.05, 0) is 54.8 Å². The molecule has 0 aliphatic carbocycles. The number of benzene rings is 2. The minimum absolute atomic E-state index is 0.0993. The van der Waals surface area contributed by atoms with E-state index >= 15 is 0 Å². The zero-order valence-electron chi connectivity index (χ0n) is 17.4. The number of ketones is 1. The van der Waals surface area contributed by atoms with Crippen LogP contribution in [0.1, 0.15) is 28.3 Å². The summed E-state index contributed by atoms with van der Waals surface area (Å²) < 4.78 is 0. The molecule has 3 aromatic rings. The number of nitro groups is 1. The Bertz CT molecular complexity index is 1270. The summed E-state index contributed by atoms with van der Waals surface area (Å²) in [5.74, 6) is -2.01. The van der Waals surface area contributed by atoms with Crippen molar-refractivity contribution in [1.82, 2.24) is 4.98 Å². The third kappa shape index (κ3) is 3.41. The summed E-state index contributed by atoms with van der Waals surface area (Å²) in [5, 5.41) is 22.0. The van der Waals surface area contributed by atoms with Gasteiger partial charge in [-0.15, -0.1) is 0 Å². The number of carbonyl (C=O) groups is 2. The van der Waals surface area contributed by atoms with Crippen LogP contribution in [0.3, 0.4) is 0 Å². The van der Waals surface area contributed by atoms with Gasteiger partial charge < -0.3 is 5.11 Å². The fraction of sp³-hybridized carbons (Fsp3) is 0.125. The Morgan fingerprint density at radius 3 is 2.41 bits per heavy atom. The molecule has 1 saturated heterocycles. The molecule has 1 aliphatic rings. The average molecular weight is 429 g/mol. The molecule has 1 aliphatic heterocycles. The first kappa shape index (κ1) is 20.9. The number of aromatic nitrogens is 1. The Morgan fingerprint density at radius 1 is 1.06 bits per heavy atom. The first-order valence-corrected chi connectivity index (χ1v) is 9.83. The number of amides is 1. The zero-order chi connectivity index (χ0) is 23.0. The molecule has 4 rings (SSSR count). The number of hydrogen-bond donors (Lipinski definition) is 1. The summed E-state index contributed by atoms with van der Waals surface area (Å²) in [6, 6.07) is 13.1. The minimum Gasteiger partial charge on any atom is -0.507 e. The largest absolute Gasteiger partial charge is 0.507 e. The summed E-state index contributed by atoms with van der Waals surface area (Å²) >= 11 is 0. The van der Waals surface area contributed by atoms with Crippen LogP contribution < -0.4 is 4.90 Å². The Labute approximate surface area is 183 Å². The first-order valence-electron chi connectivity index (χ1n) is 9.83. The minimum atomic E-state index is -0.903. The number of hydrogen-bond acceptors (Lipinski definition) is 6. The molecule has 0 bridgehead atoms. The van der Waals surface area contributed by atoms with E-state index in [0.717, 1.165) is 11.1 Å². The van der Waals surface area contributed by atoms with E-state index in [9.17, 15) is 24.8 Å². The molecule has 1 aromatic heterocycles. The maximum absolute atomic E-state index is 13.2. The average Bonchev–Trinajstić information content (AvgIpc) is 3.06. The summed E-state index contributed by atoms with van der Waals surface area (Å²) in [7, 11) is 0. The molecule has 160 valence electrons. The smallest absolute Gasteiger partial charge is 0.300 e. The number of aliphatic hydroxyl groups excluding tert-OH is 1. The van der Waals surface area contributed by atoms with Crippen molar-refractivity contribution in [2.24, 2.45) is 0 Å². The van der Waals surface area contributed by atoms with Gasteiger partial charge in [0.2, 0.25) is 0 Å². The van der Waals surface area contributed by atoms with Gasteiger partial charge in [-0.2, -0.15) is 0 Å². The molecule has 0 saturated carbocycles. The summed E-state index contributed by atoms with van der Waals surface area (Å²) in [6.07, 6.45) is 3.11. The van der Waals surface area contributed by atoms with Crippen molar-refractivity contribution in [2.75, 3.05) is 4.90 Å². The fourth-order valence-electron chi connectivity index (χ4n) is 3.83. The molecule has 8 nitrogen and oxygen atoms in total. The van der Waals surface area contributed by atoms with E-state index in [4.69, 9.17) is 0 Å². The van der Waals surface area contributed by atoms with Gasteiger partial charge >= 0.3 is 0 Å². The number of aryl methyl sites for hydroxylation is 1. The van der Waals surface area contributed by atoms with Crippen molar-refractivity contribution in [2.45, 2.75) is 19.9 Å². The van der Waals surface area contributed by atoms with E-state index in [2.05, 4.69) is 4.98 Å². The van der Waals surface area contributed by atoms with Crippen LogP contribution in [0.15, 0.2) is 72.6 Å². The molecule has 1 fully saturated rings. The molecule has 1 amide bonds. The van der Waals surface area contributed by atoms with Crippen LogP contribution in [0.2, 0.25) is 0 Å². The van der Waals surface area contributed by atoms with Gasteiger partial charge in [0.15, 0.2) is 0 Å². The summed E-state index contributed by atoms with van der Waals surface area (Å²) in [4.78, 5) is 42.2. The van der Waals surface area contributed by atoms with Crippen LogP contribution in [0, 0.1) is 24.0 Å². The molecule has 0 spiro atoms. The lowest BCUT2D eigenvalue weighted by molar-refractivity contribution is -0.384. The normalized spacial score (nSPS) is 17.6. The molecule has 2 heterocycles. The molecule has 1 atom stereocenters. The number of anilines is 1. The number of nitrogens with zero attached hydrogens (tertiary/aromatic N) is 3. The van der Waals surface area contributed by atoms with Crippen LogP contribution in [-0.2, 0) is 9.59 Å². The number of pyridine rings is 1. The maximum Gasteiger partial charge on any atom is 0.300 e. The molecule has 32 heavy (non-hydrogen) atoms. The first-order chi connectivity index (χ1) is 15.3. The lowest BCUT2D eigenvalue weighted by Crippen LogP contribution is -2.30. The van der Waals surface area contributed by atoms with E-state index in [1.165, 1.54) is 35.4 Å². The van der Waals surface area contributed by atoms with Crippen molar-refractivity contribution in [3.05, 3.63) is 105 Å². The third-order valence-corrected chi connectivity index (χ3v) is 5.63. The number of carbonyl (C=O) groups excluding carboxylic acids is 2. The number of aliphatic hydroxyl groups is 1. The molecular weight excluding hydrogens is 410 g/mol. The van der Waals surface area contributed by atoms with Crippen LogP contribution >= 0.6 is 0 Å². The van der Waals surface area contributed by atoms with Gasteiger partial charge in [-0.1, -0.05) is 18.2 Å². The highest BCUT2D eigenvalue weighted by Gasteiger charge is 2.47. The summed E-state index contributed by atoms with van der Waals surface area (Å²) in [5.41, 5.74) is 2.84. The predicted molar refractivity (Wildman–Crippen MR) is 118 cm³/mol. The van der Waals surface area contributed by atoms with Crippen molar-refractivity contribution in [1.29, 1.82) is 0 Å². The van der Waals surface area contributed by atoms with Crippen LogP contribution in [0.25, 0.3) is 5.76 Å². The van der Waals surface area contributed by atoms with E-state index in [0.29, 0.717) is 11.3 Å². The van der Waals surface area contributed by atoms with Crippen LogP contribution in [0.5, 0.6) is 0 Å². The van der Waals surface area contributed by atoms with Crippen molar-refractivity contribution >= 4 is 28.8 Å². The number of nitro benzene ring substituents is 1. The van der Waals surface area contributed by atoms with Gasteiger partial charge in [0.1, 0.15) is 5.76 Å². The second kappa shape index (κ2) is 8.07. The quantitative estimate of drug-likeness (QED) is 0.218. The van der Waals surface area contributed by atoms with Crippen molar-refractivity contribution in [3.8, 4) is 0 Å². The van der Waals surface area contributed by atoms with E-state index in [1.54, 1.807) is 30.5 Å². The highest BCUT2D eigenvalue weighted by atomic mass is 16.6. The second-order valence-corrected chi connectivity index (χ2v) is 7.48. The van der Waals surface area contributed by atoms with Gasteiger partial charge in [-0.3, -0.25) is 29.6 Å². The SMILES string of the molecule is Cc1cccc(N2C(=O)C(=O)/C(=C(/O)c3ccc([N+](=O)[O-])cc3)C2c2cccnc2)c1C. The molecule has 1 N–H and O–H groups in total. The standard InChI is InChI=1S/C24H19N3O5/c1-14-5-3-7-19(15(14)2)26-21(17-6-4-12-25-13-17)20(23(29)24(26)30)22(28)16-8-10-18(11-9-16)27(31)32/h3-13,21,28H,1-2H3/b22-20+. The number of non-ortho nitro benzene ring substituents is 1. The van der Waals surface area contributed by atoms with Crippen molar-refractivity contribution < 1.29 is 19.6 Å². The lowest BCUT2D eigenvalue weighted by Gasteiger charge is -2.27. The van der Waals surface area contributed by atoms with Crippen molar-refractivity contribution in [3.63, 3.8) is 0 Å². The monoisotopic (exact) mass is 429 g/mol. The topological polar surface area (TPSA) is 114 Å². The molecular formula is C24H19N3O5. The van der Waals surface area contributed by atoms with Gasteiger partial charge in [-0.25, -0.2) is 0 Å². The maximum atomic E-state index is 13.2. The van der Waals surface area contributed by atoms with Crippen LogP contribution in [0.4, 0.5) is 11.4 Å². The zero-order valence-corrected chi connectivity index (χ0v) is 17.4. The molecule has 0 radical (unpaired) electrons. The summed E-state index contributed by atoms with van der Waals surface area (Å²) in [6.45, 7) is 3.77. The molecule has 2 aromatic carbocycles. The van der Waals surface area contributed by atoms with Crippen LogP contribution in [-0.4, -0.2) is 26.7 Å².